The Morgan fingerprint density at radius 2 is 2.16 bits per heavy atom. The van der Waals surface area contributed by atoms with Crippen molar-refractivity contribution in [2.45, 2.75) is 26.8 Å². The molecule has 0 aliphatic rings. The van der Waals surface area contributed by atoms with Gasteiger partial charge in [0.25, 0.3) is 0 Å². The second-order valence-electron chi connectivity index (χ2n) is 3.89. The summed E-state index contributed by atoms with van der Waals surface area (Å²) >= 11 is 0. The molecule has 0 saturated carbocycles. The predicted molar refractivity (Wildman–Crippen MR) is 69.9 cm³/mol. The first-order valence-corrected chi connectivity index (χ1v) is 5.98. The van der Waals surface area contributed by atoms with Gasteiger partial charge in [-0.2, -0.15) is 0 Å². The highest BCUT2D eigenvalue weighted by atomic mass is 16.5. The second kappa shape index (κ2) is 6.67. The van der Waals surface area contributed by atoms with Gasteiger partial charge in [-0.3, -0.25) is 4.79 Å². The molecule has 1 unspecified atom stereocenters. The molecule has 0 spiro atoms. The number of esters is 1. The molecule has 1 aromatic heterocycles. The summed E-state index contributed by atoms with van der Waals surface area (Å²) < 4.78 is 4.88. The van der Waals surface area contributed by atoms with Gasteiger partial charge in [-0.15, -0.1) is 0 Å². The molecule has 0 aromatic carbocycles. The first-order chi connectivity index (χ1) is 8.99. The summed E-state index contributed by atoms with van der Waals surface area (Å²) in [6, 6.07) is -0.460. The fourth-order valence-electron chi connectivity index (χ4n) is 1.42. The number of ether oxygens (including phenoxy) is 1. The van der Waals surface area contributed by atoms with Crippen molar-refractivity contribution < 1.29 is 14.3 Å². The van der Waals surface area contributed by atoms with Gasteiger partial charge in [-0.05, 0) is 20.8 Å². The van der Waals surface area contributed by atoms with Gasteiger partial charge in [-0.25, -0.2) is 14.8 Å². The summed E-state index contributed by atoms with van der Waals surface area (Å²) in [5.74, 6) is -0.330. The number of amides is 1. The van der Waals surface area contributed by atoms with E-state index in [1.54, 1.807) is 27.8 Å². The molecule has 1 heterocycles. The molecule has 2 N–H and O–H groups in total. The third-order valence-electron chi connectivity index (χ3n) is 2.46. The normalized spacial score (nSPS) is 11.6. The SMILES string of the molecule is CCOC(=O)c1cnc(NC(C)C(=O)NC)nc1C. The van der Waals surface area contributed by atoms with Crippen molar-refractivity contribution >= 4 is 17.8 Å². The summed E-state index contributed by atoms with van der Waals surface area (Å²) in [4.78, 5) is 31.1. The Hall–Kier alpha value is -2.18. The largest absolute Gasteiger partial charge is 0.462 e. The van der Waals surface area contributed by atoms with Gasteiger partial charge in [0.05, 0.1) is 17.9 Å². The van der Waals surface area contributed by atoms with Crippen LogP contribution in [-0.2, 0) is 9.53 Å². The van der Waals surface area contributed by atoms with E-state index in [0.717, 1.165) is 0 Å². The smallest absolute Gasteiger partial charge is 0.341 e. The van der Waals surface area contributed by atoms with Gasteiger partial charge in [0, 0.05) is 13.2 Å². The minimum Gasteiger partial charge on any atom is -0.462 e. The van der Waals surface area contributed by atoms with Crippen LogP contribution in [0.15, 0.2) is 6.20 Å². The minimum atomic E-state index is -0.460. The number of aromatic nitrogens is 2. The van der Waals surface area contributed by atoms with E-state index in [2.05, 4.69) is 20.6 Å². The molecule has 7 nitrogen and oxygen atoms in total. The maximum absolute atomic E-state index is 11.6. The Bertz CT molecular complexity index is 476. The summed E-state index contributed by atoms with van der Waals surface area (Å²) in [5, 5.41) is 5.36. The molecule has 1 aromatic rings. The van der Waals surface area contributed by atoms with E-state index in [0.29, 0.717) is 23.8 Å². The lowest BCUT2D eigenvalue weighted by Crippen LogP contribution is -2.35. The van der Waals surface area contributed by atoms with Crippen molar-refractivity contribution in [1.29, 1.82) is 0 Å². The van der Waals surface area contributed by atoms with Gasteiger partial charge in [0.15, 0.2) is 0 Å². The van der Waals surface area contributed by atoms with E-state index < -0.39 is 12.0 Å². The van der Waals surface area contributed by atoms with Crippen LogP contribution in [0.4, 0.5) is 5.95 Å². The zero-order valence-electron chi connectivity index (χ0n) is 11.5. The number of nitrogens with one attached hydrogen (secondary N) is 2. The van der Waals surface area contributed by atoms with E-state index in [4.69, 9.17) is 4.74 Å². The van der Waals surface area contributed by atoms with Crippen molar-refractivity contribution in [3.05, 3.63) is 17.5 Å². The quantitative estimate of drug-likeness (QED) is 0.754. The number of carbonyl (C=O) groups excluding carboxylic acids is 2. The predicted octanol–water partition coefficient (Wildman–Crippen LogP) is 0.508. The van der Waals surface area contributed by atoms with E-state index in [9.17, 15) is 9.59 Å². The van der Waals surface area contributed by atoms with Crippen LogP contribution in [0.1, 0.15) is 29.9 Å². The first-order valence-electron chi connectivity index (χ1n) is 5.98. The third-order valence-corrected chi connectivity index (χ3v) is 2.46. The van der Waals surface area contributed by atoms with Crippen LogP contribution in [0.3, 0.4) is 0 Å². The van der Waals surface area contributed by atoms with Crippen molar-refractivity contribution in [3.8, 4) is 0 Å². The van der Waals surface area contributed by atoms with Crippen LogP contribution in [-0.4, -0.2) is 41.5 Å². The zero-order chi connectivity index (χ0) is 14.4. The first kappa shape index (κ1) is 14.9. The molecular formula is C12H18N4O3. The Balaban J connectivity index is 2.82. The van der Waals surface area contributed by atoms with Crippen LogP contribution in [0.5, 0.6) is 0 Å². The minimum absolute atomic E-state index is 0.171. The summed E-state index contributed by atoms with van der Waals surface area (Å²) in [7, 11) is 1.55. The van der Waals surface area contributed by atoms with Gasteiger partial charge in [0.1, 0.15) is 6.04 Å². The van der Waals surface area contributed by atoms with Crippen LogP contribution < -0.4 is 10.6 Å². The molecule has 104 valence electrons. The molecule has 0 saturated heterocycles. The molecule has 0 aliphatic heterocycles. The number of anilines is 1. The lowest BCUT2D eigenvalue weighted by molar-refractivity contribution is -0.121. The van der Waals surface area contributed by atoms with Crippen molar-refractivity contribution in [2.75, 3.05) is 19.0 Å². The van der Waals surface area contributed by atoms with Crippen LogP contribution in [0.2, 0.25) is 0 Å². The Kier molecular flexibility index (Phi) is 5.23. The maximum Gasteiger partial charge on any atom is 0.341 e. The van der Waals surface area contributed by atoms with Gasteiger partial charge in [-0.1, -0.05) is 0 Å². The lowest BCUT2D eigenvalue weighted by atomic mass is 10.2. The highest BCUT2D eigenvalue weighted by Crippen LogP contribution is 2.09. The Morgan fingerprint density at radius 1 is 1.47 bits per heavy atom. The molecule has 0 aliphatic carbocycles. The molecule has 1 amide bonds. The van der Waals surface area contributed by atoms with Gasteiger partial charge < -0.3 is 15.4 Å². The number of aryl methyl sites for hydroxylation is 1. The second-order valence-corrected chi connectivity index (χ2v) is 3.89. The van der Waals surface area contributed by atoms with E-state index in [-0.39, 0.29) is 5.91 Å². The summed E-state index contributed by atoms with van der Waals surface area (Å²) in [6.45, 7) is 5.40. The average molecular weight is 266 g/mol. The molecule has 0 bridgehead atoms. The zero-order valence-corrected chi connectivity index (χ0v) is 11.5. The van der Waals surface area contributed by atoms with Crippen molar-refractivity contribution in [1.82, 2.24) is 15.3 Å². The van der Waals surface area contributed by atoms with E-state index in [1.165, 1.54) is 6.20 Å². The van der Waals surface area contributed by atoms with E-state index in [1.807, 2.05) is 0 Å². The van der Waals surface area contributed by atoms with Crippen LogP contribution in [0, 0.1) is 6.92 Å². The van der Waals surface area contributed by atoms with Crippen molar-refractivity contribution in [3.63, 3.8) is 0 Å². The highest BCUT2D eigenvalue weighted by molar-refractivity contribution is 5.90. The van der Waals surface area contributed by atoms with E-state index >= 15 is 0 Å². The fourth-order valence-corrected chi connectivity index (χ4v) is 1.42. The number of hydrogen-bond acceptors (Lipinski definition) is 6. The fraction of sp³-hybridized carbons (Fsp3) is 0.500. The van der Waals surface area contributed by atoms with Crippen LogP contribution >= 0.6 is 0 Å². The lowest BCUT2D eigenvalue weighted by Gasteiger charge is -2.13. The molecule has 1 rings (SSSR count). The number of likely N-dealkylation sites (N-methyl/N-ethyl adjacent to an activating group) is 1. The van der Waals surface area contributed by atoms with Gasteiger partial charge >= 0.3 is 5.97 Å². The molecule has 1 atom stereocenters. The van der Waals surface area contributed by atoms with Crippen molar-refractivity contribution in [2.24, 2.45) is 0 Å². The number of carbonyl (C=O) groups is 2. The number of nitrogens with zero attached hydrogens (tertiary/aromatic N) is 2. The average Bonchev–Trinajstić information content (AvgIpc) is 2.38. The standard InChI is InChI=1S/C12H18N4O3/c1-5-19-11(18)9-6-14-12(15-7(9)2)16-8(3)10(17)13-4/h6,8H,5H2,1-4H3,(H,13,17)(H,14,15,16). The molecular weight excluding hydrogens is 248 g/mol. The number of hydrogen-bond donors (Lipinski definition) is 2. The molecule has 19 heavy (non-hydrogen) atoms. The molecule has 0 fully saturated rings. The monoisotopic (exact) mass is 266 g/mol. The topological polar surface area (TPSA) is 93.2 Å². The highest BCUT2D eigenvalue weighted by Gasteiger charge is 2.15. The van der Waals surface area contributed by atoms with Gasteiger partial charge in [0.2, 0.25) is 11.9 Å². The third kappa shape index (κ3) is 3.90. The summed E-state index contributed by atoms with van der Waals surface area (Å²) in [5.41, 5.74) is 0.819. The maximum atomic E-state index is 11.6. The van der Waals surface area contributed by atoms with Crippen LogP contribution in [0.25, 0.3) is 0 Å². The summed E-state index contributed by atoms with van der Waals surface area (Å²) in [6.07, 6.45) is 1.39. The molecule has 7 heteroatoms. The molecule has 0 radical (unpaired) electrons. The Morgan fingerprint density at radius 3 is 2.68 bits per heavy atom. The number of rotatable bonds is 5. The Labute approximate surface area is 111 Å².